The maximum absolute atomic E-state index is 12.3. The maximum Gasteiger partial charge on any atom is 0.411 e. The average molecular weight is 379 g/mol. The van der Waals surface area contributed by atoms with Crippen LogP contribution in [-0.4, -0.2) is 58.9 Å². The normalized spacial score (nSPS) is 19.5. The van der Waals surface area contributed by atoms with Crippen LogP contribution in [0.1, 0.15) is 44.5 Å². The van der Waals surface area contributed by atoms with Gasteiger partial charge in [-0.3, -0.25) is 4.90 Å². The summed E-state index contributed by atoms with van der Waals surface area (Å²) in [6.45, 7) is 7.27. The monoisotopic (exact) mass is 379 g/mol. The number of hydrogen-bond donors (Lipinski definition) is 1. The summed E-state index contributed by atoms with van der Waals surface area (Å²) in [4.78, 5) is 36.6. The number of benzene rings is 1. The largest absolute Gasteiger partial charge is 0.488 e. The zero-order valence-electron chi connectivity index (χ0n) is 15.9. The zero-order chi connectivity index (χ0) is 20.2. The Morgan fingerprint density at radius 3 is 2.33 bits per heavy atom. The van der Waals surface area contributed by atoms with E-state index < -0.39 is 35.8 Å². The van der Waals surface area contributed by atoms with Gasteiger partial charge in [-0.05, 0) is 52.0 Å². The molecule has 2 rings (SSSR count). The summed E-state index contributed by atoms with van der Waals surface area (Å²) in [5, 5.41) is 9.41. The van der Waals surface area contributed by atoms with E-state index >= 15 is 0 Å². The first-order chi connectivity index (χ1) is 12.6. The number of ether oxygens (including phenoxy) is 3. The number of carboxylic acid groups (broad SMARTS) is 1. The molecule has 1 N–H and O–H groups in total. The molecule has 8 nitrogen and oxygen atoms in total. The highest BCUT2D eigenvalue weighted by atomic mass is 16.6. The highest BCUT2D eigenvalue weighted by molar-refractivity contribution is 5.89. The minimum absolute atomic E-state index is 0.103. The van der Waals surface area contributed by atoms with Gasteiger partial charge in [0.1, 0.15) is 23.5 Å². The molecule has 1 fully saturated rings. The Hall–Kier alpha value is -2.77. The van der Waals surface area contributed by atoms with E-state index in [-0.39, 0.29) is 19.6 Å². The standard InChI is InChI=1S/C19H25NO7/c1-5-25-17(23)12-6-8-13(9-7-12)26-14-10-15(16(21)22)20(11-14)18(24)27-19(2,3)4/h6-9,14-15H,5,10-11H2,1-4H3,(H,21,22)/t14-,15-/m1/s1. The van der Waals surface area contributed by atoms with Crippen LogP contribution in [0.2, 0.25) is 0 Å². The molecular formula is C19H25NO7. The number of carbonyl (C=O) groups is 3. The van der Waals surface area contributed by atoms with Gasteiger partial charge in [-0.25, -0.2) is 14.4 Å². The Kier molecular flexibility index (Phi) is 6.30. The van der Waals surface area contributed by atoms with Crippen LogP contribution >= 0.6 is 0 Å². The zero-order valence-corrected chi connectivity index (χ0v) is 15.9. The Morgan fingerprint density at radius 2 is 1.81 bits per heavy atom. The van der Waals surface area contributed by atoms with E-state index in [0.29, 0.717) is 11.3 Å². The molecule has 0 saturated carbocycles. The number of carboxylic acids is 1. The van der Waals surface area contributed by atoms with Crippen LogP contribution < -0.4 is 4.74 Å². The summed E-state index contributed by atoms with van der Waals surface area (Å²) in [6, 6.07) is 5.35. The number of amides is 1. The lowest BCUT2D eigenvalue weighted by Gasteiger charge is -2.26. The number of likely N-dealkylation sites (tertiary alicyclic amines) is 1. The van der Waals surface area contributed by atoms with Crippen molar-refractivity contribution < 1.29 is 33.7 Å². The quantitative estimate of drug-likeness (QED) is 0.785. The van der Waals surface area contributed by atoms with Crippen LogP contribution in [0.15, 0.2) is 24.3 Å². The molecule has 1 aliphatic heterocycles. The van der Waals surface area contributed by atoms with Gasteiger partial charge in [-0.2, -0.15) is 0 Å². The van der Waals surface area contributed by atoms with E-state index in [9.17, 15) is 19.5 Å². The fourth-order valence-electron chi connectivity index (χ4n) is 2.72. The first-order valence-corrected chi connectivity index (χ1v) is 8.77. The molecule has 0 aliphatic carbocycles. The number of hydrogen-bond acceptors (Lipinski definition) is 6. The van der Waals surface area contributed by atoms with Gasteiger partial charge in [0.15, 0.2) is 0 Å². The lowest BCUT2D eigenvalue weighted by molar-refractivity contribution is -0.142. The van der Waals surface area contributed by atoms with Crippen molar-refractivity contribution in [3.8, 4) is 5.75 Å². The molecule has 1 aromatic carbocycles. The van der Waals surface area contributed by atoms with Gasteiger partial charge in [-0.15, -0.1) is 0 Å². The van der Waals surface area contributed by atoms with E-state index in [0.717, 1.165) is 0 Å². The third kappa shape index (κ3) is 5.60. The number of aliphatic carboxylic acids is 1. The molecule has 1 saturated heterocycles. The second kappa shape index (κ2) is 8.28. The summed E-state index contributed by atoms with van der Waals surface area (Å²) < 4.78 is 16.0. The summed E-state index contributed by atoms with van der Waals surface area (Å²) in [5.74, 6) is -1.06. The molecule has 0 radical (unpaired) electrons. The first kappa shape index (κ1) is 20.5. The Bertz CT molecular complexity index is 693. The Balaban J connectivity index is 2.04. The van der Waals surface area contributed by atoms with Crippen LogP contribution in [0.3, 0.4) is 0 Å². The second-order valence-electron chi connectivity index (χ2n) is 7.21. The minimum atomic E-state index is -1.11. The lowest BCUT2D eigenvalue weighted by atomic mass is 10.2. The molecule has 0 aromatic heterocycles. The van der Waals surface area contributed by atoms with Gasteiger partial charge in [0.2, 0.25) is 0 Å². The van der Waals surface area contributed by atoms with Crippen LogP contribution in [0.5, 0.6) is 5.75 Å². The molecule has 148 valence electrons. The topological polar surface area (TPSA) is 102 Å². The fourth-order valence-corrected chi connectivity index (χ4v) is 2.72. The van der Waals surface area contributed by atoms with Crippen molar-refractivity contribution in [1.29, 1.82) is 0 Å². The fraction of sp³-hybridized carbons (Fsp3) is 0.526. The van der Waals surface area contributed by atoms with Crippen molar-refractivity contribution in [2.75, 3.05) is 13.2 Å². The van der Waals surface area contributed by atoms with E-state index in [1.165, 1.54) is 4.90 Å². The molecule has 1 aliphatic rings. The summed E-state index contributed by atoms with van der Waals surface area (Å²) in [7, 11) is 0. The van der Waals surface area contributed by atoms with E-state index in [4.69, 9.17) is 14.2 Å². The van der Waals surface area contributed by atoms with Gasteiger partial charge < -0.3 is 19.3 Å². The average Bonchev–Trinajstić information content (AvgIpc) is 2.98. The van der Waals surface area contributed by atoms with E-state index in [2.05, 4.69) is 0 Å². The van der Waals surface area contributed by atoms with E-state index in [1.807, 2.05) is 0 Å². The minimum Gasteiger partial charge on any atom is -0.488 e. The summed E-state index contributed by atoms with van der Waals surface area (Å²) >= 11 is 0. The maximum atomic E-state index is 12.3. The lowest BCUT2D eigenvalue weighted by Crippen LogP contribution is -2.43. The molecule has 2 atom stereocenters. The molecule has 8 heteroatoms. The highest BCUT2D eigenvalue weighted by Crippen LogP contribution is 2.25. The smallest absolute Gasteiger partial charge is 0.411 e. The number of nitrogens with zero attached hydrogens (tertiary/aromatic N) is 1. The number of rotatable bonds is 5. The molecular weight excluding hydrogens is 354 g/mol. The van der Waals surface area contributed by atoms with Crippen LogP contribution in [0.25, 0.3) is 0 Å². The van der Waals surface area contributed by atoms with Crippen molar-refractivity contribution in [2.45, 2.75) is 51.9 Å². The van der Waals surface area contributed by atoms with Crippen LogP contribution in [-0.2, 0) is 14.3 Å². The Labute approximate surface area is 158 Å². The van der Waals surface area contributed by atoms with Gasteiger partial charge in [0.25, 0.3) is 0 Å². The summed E-state index contributed by atoms with van der Waals surface area (Å²) in [5.41, 5.74) is -0.323. The number of esters is 1. The van der Waals surface area contributed by atoms with Gasteiger partial charge >= 0.3 is 18.0 Å². The SMILES string of the molecule is CCOC(=O)c1ccc(O[C@@H]2C[C@H](C(=O)O)N(C(=O)OC(C)(C)C)C2)cc1. The van der Waals surface area contributed by atoms with Crippen LogP contribution in [0.4, 0.5) is 4.79 Å². The molecule has 27 heavy (non-hydrogen) atoms. The predicted octanol–water partition coefficient (Wildman–Crippen LogP) is 2.70. The molecule has 1 amide bonds. The van der Waals surface area contributed by atoms with Crippen molar-refractivity contribution in [3.63, 3.8) is 0 Å². The van der Waals surface area contributed by atoms with E-state index in [1.54, 1.807) is 52.0 Å². The molecule has 0 spiro atoms. The van der Waals surface area contributed by atoms with Crippen molar-refractivity contribution in [2.24, 2.45) is 0 Å². The first-order valence-electron chi connectivity index (χ1n) is 8.77. The number of carbonyl (C=O) groups excluding carboxylic acids is 2. The Morgan fingerprint density at radius 1 is 1.19 bits per heavy atom. The summed E-state index contributed by atoms with van der Waals surface area (Å²) in [6.07, 6.45) is -1.03. The third-order valence-electron chi connectivity index (χ3n) is 3.84. The van der Waals surface area contributed by atoms with Crippen molar-refractivity contribution >= 4 is 18.0 Å². The predicted molar refractivity (Wildman–Crippen MR) is 95.8 cm³/mol. The van der Waals surface area contributed by atoms with Gasteiger partial charge in [0.05, 0.1) is 18.7 Å². The second-order valence-corrected chi connectivity index (χ2v) is 7.21. The van der Waals surface area contributed by atoms with Crippen LogP contribution in [0, 0.1) is 0 Å². The van der Waals surface area contributed by atoms with Crippen molar-refractivity contribution in [1.82, 2.24) is 4.90 Å². The molecule has 0 unspecified atom stereocenters. The third-order valence-corrected chi connectivity index (χ3v) is 3.84. The molecule has 1 heterocycles. The van der Waals surface area contributed by atoms with Gasteiger partial charge in [-0.1, -0.05) is 0 Å². The van der Waals surface area contributed by atoms with Gasteiger partial charge in [0, 0.05) is 6.42 Å². The highest BCUT2D eigenvalue weighted by Gasteiger charge is 2.42. The molecule has 0 bridgehead atoms. The van der Waals surface area contributed by atoms with Crippen molar-refractivity contribution in [3.05, 3.63) is 29.8 Å². The molecule has 1 aromatic rings.